The molecule has 5 heteroatoms. The van der Waals surface area contributed by atoms with E-state index in [0.29, 0.717) is 0 Å². The predicted molar refractivity (Wildman–Crippen MR) is 89.4 cm³/mol. The highest BCUT2D eigenvalue weighted by Crippen LogP contribution is 2.23. The normalized spacial score (nSPS) is 21.2. The summed E-state index contributed by atoms with van der Waals surface area (Å²) in [5.41, 5.74) is 0. The van der Waals surface area contributed by atoms with Gasteiger partial charge in [0.15, 0.2) is 0 Å². The molecule has 1 saturated carbocycles. The van der Waals surface area contributed by atoms with E-state index < -0.39 is 0 Å². The van der Waals surface area contributed by atoms with Crippen LogP contribution in [-0.2, 0) is 4.74 Å². The van der Waals surface area contributed by atoms with Gasteiger partial charge in [-0.3, -0.25) is 0 Å². The highest BCUT2D eigenvalue weighted by atomic mass is 16.5. The first kappa shape index (κ1) is 15.5. The average Bonchev–Trinajstić information content (AvgIpc) is 2.55. The second kappa shape index (κ2) is 8.32. The van der Waals surface area contributed by atoms with Crippen LogP contribution in [0.1, 0.15) is 44.9 Å². The van der Waals surface area contributed by atoms with E-state index in [1.54, 1.807) is 6.33 Å². The van der Waals surface area contributed by atoms with Crippen molar-refractivity contribution in [2.45, 2.75) is 44.9 Å². The summed E-state index contributed by atoms with van der Waals surface area (Å²) in [6.07, 6.45) is 11.4. The second-order valence-corrected chi connectivity index (χ2v) is 6.45. The molecule has 2 aliphatic rings. The molecule has 0 atom stereocenters. The summed E-state index contributed by atoms with van der Waals surface area (Å²) < 4.78 is 5.40. The molecule has 2 heterocycles. The lowest BCUT2D eigenvalue weighted by Gasteiger charge is -2.28. The number of hydrogen-bond acceptors (Lipinski definition) is 5. The maximum Gasteiger partial charge on any atom is 0.134 e. The lowest BCUT2D eigenvalue weighted by Crippen LogP contribution is -2.36. The first-order valence-electron chi connectivity index (χ1n) is 8.80. The SMILES string of the molecule is c1nc(NCC2CCCCCCC2)cc(N2CCOCC2)n1. The molecular weight excluding hydrogens is 276 g/mol. The summed E-state index contributed by atoms with van der Waals surface area (Å²) in [4.78, 5) is 11.1. The highest BCUT2D eigenvalue weighted by molar-refractivity contribution is 5.48. The molecule has 2 fully saturated rings. The van der Waals surface area contributed by atoms with Gasteiger partial charge in [-0.05, 0) is 18.8 Å². The van der Waals surface area contributed by atoms with Gasteiger partial charge in [0, 0.05) is 25.7 Å². The van der Waals surface area contributed by atoms with E-state index in [1.807, 2.05) is 0 Å². The molecule has 1 aliphatic carbocycles. The molecule has 122 valence electrons. The molecule has 1 aromatic heterocycles. The van der Waals surface area contributed by atoms with E-state index in [0.717, 1.165) is 50.4 Å². The monoisotopic (exact) mass is 304 g/mol. The lowest BCUT2D eigenvalue weighted by atomic mass is 9.91. The Labute approximate surface area is 133 Å². The van der Waals surface area contributed by atoms with Crippen molar-refractivity contribution in [1.82, 2.24) is 9.97 Å². The minimum Gasteiger partial charge on any atom is -0.378 e. The number of nitrogens with zero attached hydrogens (tertiary/aromatic N) is 3. The third kappa shape index (κ3) is 4.57. The summed E-state index contributed by atoms with van der Waals surface area (Å²) in [5.74, 6) is 2.76. The van der Waals surface area contributed by atoms with Crippen LogP contribution in [0.25, 0.3) is 0 Å². The van der Waals surface area contributed by atoms with E-state index in [9.17, 15) is 0 Å². The Morgan fingerprint density at radius 3 is 2.55 bits per heavy atom. The van der Waals surface area contributed by atoms with Crippen molar-refractivity contribution in [3.8, 4) is 0 Å². The maximum atomic E-state index is 5.40. The van der Waals surface area contributed by atoms with Gasteiger partial charge < -0.3 is 15.0 Å². The van der Waals surface area contributed by atoms with Gasteiger partial charge in [0.05, 0.1) is 13.2 Å². The number of aromatic nitrogens is 2. The zero-order valence-electron chi connectivity index (χ0n) is 13.5. The Hall–Kier alpha value is -1.36. The minimum atomic E-state index is 0.787. The predicted octanol–water partition coefficient (Wildman–Crippen LogP) is 3.09. The van der Waals surface area contributed by atoms with Crippen LogP contribution in [-0.4, -0.2) is 42.8 Å². The number of hydrogen-bond donors (Lipinski definition) is 1. The third-order valence-electron chi connectivity index (χ3n) is 4.78. The molecule has 0 unspecified atom stereocenters. The van der Waals surface area contributed by atoms with E-state index in [4.69, 9.17) is 4.74 Å². The molecular formula is C17H28N4O. The molecule has 1 N–H and O–H groups in total. The first-order chi connectivity index (χ1) is 10.9. The fraction of sp³-hybridized carbons (Fsp3) is 0.765. The summed E-state index contributed by atoms with van der Waals surface area (Å²) in [6, 6.07) is 2.08. The Bertz CT molecular complexity index is 440. The summed E-state index contributed by atoms with van der Waals surface area (Å²) >= 11 is 0. The number of rotatable bonds is 4. The standard InChI is InChI=1S/C17H28N4O/c1-2-4-6-15(7-5-3-1)13-18-16-12-17(20-14-19-16)21-8-10-22-11-9-21/h12,14-15H,1-11,13H2,(H,18,19,20). The summed E-state index contributed by atoms with van der Waals surface area (Å²) in [6.45, 7) is 4.45. The van der Waals surface area contributed by atoms with Crippen LogP contribution in [0.15, 0.2) is 12.4 Å². The topological polar surface area (TPSA) is 50.3 Å². The zero-order valence-corrected chi connectivity index (χ0v) is 13.5. The molecule has 3 rings (SSSR count). The Morgan fingerprint density at radius 2 is 1.77 bits per heavy atom. The van der Waals surface area contributed by atoms with Gasteiger partial charge in [0.2, 0.25) is 0 Å². The van der Waals surface area contributed by atoms with Gasteiger partial charge in [-0.1, -0.05) is 32.1 Å². The van der Waals surface area contributed by atoms with Crippen LogP contribution in [0, 0.1) is 5.92 Å². The Balaban J connectivity index is 1.53. The minimum absolute atomic E-state index is 0.787. The van der Waals surface area contributed by atoms with E-state index in [1.165, 1.54) is 44.9 Å². The van der Waals surface area contributed by atoms with Gasteiger partial charge >= 0.3 is 0 Å². The number of anilines is 2. The molecule has 0 aromatic carbocycles. The highest BCUT2D eigenvalue weighted by Gasteiger charge is 2.14. The van der Waals surface area contributed by atoms with E-state index in [2.05, 4.69) is 26.3 Å². The molecule has 0 bridgehead atoms. The van der Waals surface area contributed by atoms with Crippen molar-refractivity contribution in [3.63, 3.8) is 0 Å². The number of morpholine rings is 1. The summed E-state index contributed by atoms with van der Waals surface area (Å²) in [5, 5.41) is 3.53. The van der Waals surface area contributed by atoms with Gasteiger partial charge in [-0.25, -0.2) is 9.97 Å². The van der Waals surface area contributed by atoms with Crippen LogP contribution in [0.3, 0.4) is 0 Å². The van der Waals surface area contributed by atoms with Crippen LogP contribution < -0.4 is 10.2 Å². The molecule has 5 nitrogen and oxygen atoms in total. The quantitative estimate of drug-likeness (QED) is 0.926. The molecule has 22 heavy (non-hydrogen) atoms. The molecule has 1 aliphatic heterocycles. The van der Waals surface area contributed by atoms with Crippen LogP contribution >= 0.6 is 0 Å². The third-order valence-corrected chi connectivity index (χ3v) is 4.78. The van der Waals surface area contributed by atoms with Crippen LogP contribution in [0.2, 0.25) is 0 Å². The number of nitrogens with one attached hydrogen (secondary N) is 1. The van der Waals surface area contributed by atoms with Crippen LogP contribution in [0.4, 0.5) is 11.6 Å². The summed E-state index contributed by atoms with van der Waals surface area (Å²) in [7, 11) is 0. The Kier molecular flexibility index (Phi) is 5.87. The molecule has 0 radical (unpaired) electrons. The van der Waals surface area contributed by atoms with Gasteiger partial charge in [0.25, 0.3) is 0 Å². The second-order valence-electron chi connectivity index (χ2n) is 6.45. The average molecular weight is 304 g/mol. The van der Waals surface area contributed by atoms with Gasteiger partial charge in [0.1, 0.15) is 18.0 Å². The van der Waals surface area contributed by atoms with Crippen molar-refractivity contribution >= 4 is 11.6 Å². The van der Waals surface area contributed by atoms with E-state index in [-0.39, 0.29) is 0 Å². The van der Waals surface area contributed by atoms with Crippen molar-refractivity contribution in [3.05, 3.63) is 12.4 Å². The molecule has 1 aromatic rings. The lowest BCUT2D eigenvalue weighted by molar-refractivity contribution is 0.122. The largest absolute Gasteiger partial charge is 0.378 e. The fourth-order valence-electron chi connectivity index (χ4n) is 3.40. The van der Waals surface area contributed by atoms with Gasteiger partial charge in [-0.15, -0.1) is 0 Å². The van der Waals surface area contributed by atoms with Gasteiger partial charge in [-0.2, -0.15) is 0 Å². The maximum absolute atomic E-state index is 5.40. The first-order valence-corrected chi connectivity index (χ1v) is 8.80. The van der Waals surface area contributed by atoms with Crippen molar-refractivity contribution < 1.29 is 4.74 Å². The Morgan fingerprint density at radius 1 is 1.05 bits per heavy atom. The smallest absolute Gasteiger partial charge is 0.134 e. The fourth-order valence-corrected chi connectivity index (χ4v) is 3.40. The van der Waals surface area contributed by atoms with Crippen molar-refractivity contribution in [1.29, 1.82) is 0 Å². The molecule has 0 spiro atoms. The molecule has 1 saturated heterocycles. The number of ether oxygens (including phenoxy) is 1. The van der Waals surface area contributed by atoms with Crippen molar-refractivity contribution in [2.75, 3.05) is 43.1 Å². The zero-order chi connectivity index (χ0) is 15.0. The molecule has 0 amide bonds. The van der Waals surface area contributed by atoms with E-state index >= 15 is 0 Å². The van der Waals surface area contributed by atoms with Crippen molar-refractivity contribution in [2.24, 2.45) is 5.92 Å². The van der Waals surface area contributed by atoms with Crippen LogP contribution in [0.5, 0.6) is 0 Å².